The molecule has 0 saturated heterocycles. The number of nitrogens with one attached hydrogen (secondary N) is 1. The molecule has 1 aromatic carbocycles. The highest BCUT2D eigenvalue weighted by Gasteiger charge is 2.20. The van der Waals surface area contributed by atoms with Gasteiger partial charge < -0.3 is 20.5 Å². The summed E-state index contributed by atoms with van der Waals surface area (Å²) in [6.07, 6.45) is 0.692. The predicted molar refractivity (Wildman–Crippen MR) is 107 cm³/mol. The highest BCUT2D eigenvalue weighted by Crippen LogP contribution is 2.36. The third-order valence-electron chi connectivity index (χ3n) is 4.47. The number of nitrogen functional groups attached to an aromatic ring is 1. The van der Waals surface area contributed by atoms with E-state index >= 15 is 0 Å². The van der Waals surface area contributed by atoms with Gasteiger partial charge in [-0.05, 0) is 35.1 Å². The number of nitrogens with two attached hydrogens (primary N) is 1. The van der Waals surface area contributed by atoms with Crippen molar-refractivity contribution in [3.63, 3.8) is 0 Å². The number of hydrogen-bond acceptors (Lipinski definition) is 6. The molecule has 0 unspecified atom stereocenters. The fraction of sp³-hybridized carbons (Fsp3) is 0.500. The van der Waals surface area contributed by atoms with E-state index in [1.54, 1.807) is 14.2 Å². The minimum atomic E-state index is 0.241. The molecule has 3 N–H and O–H groups in total. The Kier molecular flexibility index (Phi) is 6.29. The molecule has 0 aliphatic rings. The number of rotatable bonds is 7. The van der Waals surface area contributed by atoms with E-state index in [0.717, 1.165) is 28.6 Å². The number of aromatic nitrogens is 2. The molecule has 2 rings (SSSR count). The highest BCUT2D eigenvalue weighted by atomic mass is 16.5. The average Bonchev–Trinajstić information content (AvgIpc) is 2.61. The minimum Gasteiger partial charge on any atom is -0.493 e. The van der Waals surface area contributed by atoms with Crippen LogP contribution >= 0.6 is 0 Å². The monoisotopic (exact) mass is 358 g/mol. The second-order valence-electron chi connectivity index (χ2n) is 6.94. The standard InChI is InChI=1S/C20H30N4O2/c1-11(2)14-10-17(26-7)16(25-6)9-13(14)8-15-18(12(3)4)23-20(21)24-19(15)22-5/h9-12H,8H2,1-7H3,(H3,21,22,23,24). The van der Waals surface area contributed by atoms with Crippen molar-refractivity contribution in [2.45, 2.75) is 46.0 Å². The lowest BCUT2D eigenvalue weighted by atomic mass is 9.90. The van der Waals surface area contributed by atoms with Crippen LogP contribution in [-0.4, -0.2) is 31.2 Å². The van der Waals surface area contributed by atoms with Crippen LogP contribution in [0.25, 0.3) is 0 Å². The molecule has 0 amide bonds. The van der Waals surface area contributed by atoms with E-state index in [-0.39, 0.29) is 11.9 Å². The van der Waals surface area contributed by atoms with E-state index in [1.807, 2.05) is 13.1 Å². The van der Waals surface area contributed by atoms with Gasteiger partial charge in [0.25, 0.3) is 0 Å². The van der Waals surface area contributed by atoms with Gasteiger partial charge in [0, 0.05) is 19.0 Å². The highest BCUT2D eigenvalue weighted by molar-refractivity contribution is 5.55. The van der Waals surface area contributed by atoms with Crippen LogP contribution in [0.3, 0.4) is 0 Å². The molecule has 1 heterocycles. The van der Waals surface area contributed by atoms with Crippen molar-refractivity contribution < 1.29 is 9.47 Å². The van der Waals surface area contributed by atoms with Gasteiger partial charge in [-0.3, -0.25) is 0 Å². The van der Waals surface area contributed by atoms with Gasteiger partial charge in [0.05, 0.1) is 19.9 Å². The molecule has 1 aromatic heterocycles. The third kappa shape index (κ3) is 4.00. The van der Waals surface area contributed by atoms with Gasteiger partial charge in [0.2, 0.25) is 5.95 Å². The Hall–Kier alpha value is -2.50. The van der Waals surface area contributed by atoms with Crippen LogP contribution in [-0.2, 0) is 6.42 Å². The Balaban J connectivity index is 2.64. The van der Waals surface area contributed by atoms with Gasteiger partial charge in [-0.2, -0.15) is 4.98 Å². The van der Waals surface area contributed by atoms with Crippen LogP contribution in [0.15, 0.2) is 12.1 Å². The fourth-order valence-corrected chi connectivity index (χ4v) is 3.20. The molecule has 6 heteroatoms. The summed E-state index contributed by atoms with van der Waals surface area (Å²) in [4.78, 5) is 8.88. The van der Waals surface area contributed by atoms with Crippen molar-refractivity contribution in [3.05, 3.63) is 34.5 Å². The maximum atomic E-state index is 5.90. The molecule has 0 fully saturated rings. The summed E-state index contributed by atoms with van der Waals surface area (Å²) >= 11 is 0. The second kappa shape index (κ2) is 8.25. The lowest BCUT2D eigenvalue weighted by Gasteiger charge is -2.20. The summed E-state index contributed by atoms with van der Waals surface area (Å²) < 4.78 is 11.0. The molecule has 0 bridgehead atoms. The van der Waals surface area contributed by atoms with E-state index < -0.39 is 0 Å². The van der Waals surface area contributed by atoms with Crippen LogP contribution in [0.1, 0.15) is 61.9 Å². The van der Waals surface area contributed by atoms with E-state index in [1.165, 1.54) is 11.1 Å². The zero-order chi connectivity index (χ0) is 19.4. The second-order valence-corrected chi connectivity index (χ2v) is 6.94. The predicted octanol–water partition coefficient (Wildman–Crippen LogP) is 3.96. The van der Waals surface area contributed by atoms with Gasteiger partial charge in [0.1, 0.15) is 5.82 Å². The molecule has 6 nitrogen and oxygen atoms in total. The smallest absolute Gasteiger partial charge is 0.222 e. The molecular weight excluding hydrogens is 328 g/mol. The van der Waals surface area contributed by atoms with Crippen molar-refractivity contribution in [2.75, 3.05) is 32.3 Å². The maximum absolute atomic E-state index is 5.90. The van der Waals surface area contributed by atoms with Crippen molar-refractivity contribution in [3.8, 4) is 11.5 Å². The molecule has 0 aliphatic carbocycles. The van der Waals surface area contributed by atoms with Gasteiger partial charge in [0.15, 0.2) is 11.5 Å². The maximum Gasteiger partial charge on any atom is 0.222 e. The fourth-order valence-electron chi connectivity index (χ4n) is 3.20. The summed E-state index contributed by atoms with van der Waals surface area (Å²) in [6.45, 7) is 8.57. The summed E-state index contributed by atoms with van der Waals surface area (Å²) in [5, 5.41) is 3.16. The number of methoxy groups -OCH3 is 2. The minimum absolute atomic E-state index is 0.241. The van der Waals surface area contributed by atoms with Crippen molar-refractivity contribution in [1.82, 2.24) is 9.97 Å². The lowest BCUT2D eigenvalue weighted by molar-refractivity contribution is 0.354. The van der Waals surface area contributed by atoms with E-state index in [0.29, 0.717) is 12.3 Å². The van der Waals surface area contributed by atoms with Gasteiger partial charge in [-0.25, -0.2) is 4.98 Å². The summed E-state index contributed by atoms with van der Waals surface area (Å²) in [6, 6.07) is 4.11. The van der Waals surface area contributed by atoms with Crippen molar-refractivity contribution in [1.29, 1.82) is 0 Å². The number of benzene rings is 1. The molecule has 0 aliphatic heterocycles. The first-order valence-corrected chi connectivity index (χ1v) is 8.91. The summed E-state index contributed by atoms with van der Waals surface area (Å²) in [5.74, 6) is 3.11. The van der Waals surface area contributed by atoms with E-state index in [4.69, 9.17) is 15.2 Å². The molecule has 26 heavy (non-hydrogen) atoms. The first-order chi connectivity index (χ1) is 12.3. The van der Waals surface area contributed by atoms with E-state index in [9.17, 15) is 0 Å². The molecule has 2 aromatic rings. The molecular formula is C20H30N4O2. The van der Waals surface area contributed by atoms with Crippen molar-refractivity contribution >= 4 is 11.8 Å². The quantitative estimate of drug-likeness (QED) is 0.780. The Labute approximate surface area is 156 Å². The summed E-state index contributed by atoms with van der Waals surface area (Å²) in [5.41, 5.74) is 10.3. The van der Waals surface area contributed by atoms with E-state index in [2.05, 4.69) is 49.0 Å². The Morgan fingerprint density at radius 3 is 2.12 bits per heavy atom. The normalized spacial score (nSPS) is 11.1. The Morgan fingerprint density at radius 2 is 1.62 bits per heavy atom. The molecule has 0 spiro atoms. The zero-order valence-corrected chi connectivity index (χ0v) is 16.8. The first kappa shape index (κ1) is 19.8. The number of hydrogen-bond donors (Lipinski definition) is 2. The first-order valence-electron chi connectivity index (χ1n) is 8.91. The molecule has 0 radical (unpaired) electrons. The van der Waals surface area contributed by atoms with Gasteiger partial charge in [-0.1, -0.05) is 27.7 Å². The van der Waals surface area contributed by atoms with Crippen LogP contribution < -0.4 is 20.5 Å². The number of nitrogens with zero attached hydrogens (tertiary/aromatic N) is 2. The van der Waals surface area contributed by atoms with Crippen LogP contribution in [0, 0.1) is 0 Å². The van der Waals surface area contributed by atoms with Gasteiger partial charge in [-0.15, -0.1) is 0 Å². The zero-order valence-electron chi connectivity index (χ0n) is 16.8. The SMILES string of the molecule is CNc1nc(N)nc(C(C)C)c1Cc1cc(OC)c(OC)cc1C(C)C. The molecule has 142 valence electrons. The molecule has 0 saturated carbocycles. The molecule has 0 atom stereocenters. The Morgan fingerprint density at radius 1 is 1.00 bits per heavy atom. The number of anilines is 2. The summed E-state index contributed by atoms with van der Waals surface area (Å²) in [7, 11) is 5.17. The topological polar surface area (TPSA) is 82.3 Å². The largest absolute Gasteiger partial charge is 0.493 e. The van der Waals surface area contributed by atoms with Crippen LogP contribution in [0.4, 0.5) is 11.8 Å². The number of ether oxygens (including phenoxy) is 2. The van der Waals surface area contributed by atoms with Gasteiger partial charge >= 0.3 is 0 Å². The average molecular weight is 358 g/mol. The van der Waals surface area contributed by atoms with Crippen LogP contribution in [0.5, 0.6) is 11.5 Å². The van der Waals surface area contributed by atoms with Crippen LogP contribution in [0.2, 0.25) is 0 Å². The third-order valence-corrected chi connectivity index (χ3v) is 4.47. The Bertz CT molecular complexity index is 773. The lowest BCUT2D eigenvalue weighted by Crippen LogP contribution is -2.12. The van der Waals surface area contributed by atoms with Crippen molar-refractivity contribution in [2.24, 2.45) is 0 Å².